The third-order valence-corrected chi connectivity index (χ3v) is 3.88. The van der Waals surface area contributed by atoms with E-state index in [9.17, 15) is 9.90 Å². The molecule has 0 spiro atoms. The zero-order valence-corrected chi connectivity index (χ0v) is 13.6. The lowest BCUT2D eigenvalue weighted by atomic mass is 10.0. The number of hydroxylamine groups is 1. The fourth-order valence-electron chi connectivity index (χ4n) is 2.43. The predicted octanol–water partition coefficient (Wildman–Crippen LogP) is 1.16. The molecule has 6 N–H and O–H groups in total. The molecule has 0 unspecified atom stereocenters. The molecule has 0 aliphatic carbocycles. The van der Waals surface area contributed by atoms with Crippen LogP contribution in [0.2, 0.25) is 0 Å². The Kier molecular flexibility index (Phi) is 6.45. The van der Waals surface area contributed by atoms with Gasteiger partial charge in [0.15, 0.2) is 0 Å². The van der Waals surface area contributed by atoms with Crippen molar-refractivity contribution < 1.29 is 15.1 Å². The van der Waals surface area contributed by atoms with Crippen molar-refractivity contribution in [2.75, 3.05) is 0 Å². The quantitative estimate of drug-likeness (QED) is 0.387. The number of hydrogen-bond acceptors (Lipinski definition) is 5. The number of benzene rings is 2. The minimum absolute atomic E-state index is 0.398. The van der Waals surface area contributed by atoms with E-state index in [1.165, 1.54) is 6.92 Å². The molecule has 2 aromatic rings. The van der Waals surface area contributed by atoms with Gasteiger partial charge in [0.25, 0.3) is 5.91 Å². The van der Waals surface area contributed by atoms with Crippen LogP contribution in [0.4, 0.5) is 0 Å². The SMILES string of the molecule is C[C@@H](O)[C@H](NCc1ccc(-c2ccc(CN)cc2)cc1)C(=O)NO. The predicted molar refractivity (Wildman–Crippen MR) is 92.0 cm³/mol. The fraction of sp³-hybridized carbons (Fsp3) is 0.278. The Morgan fingerprint density at radius 1 is 1.04 bits per heavy atom. The molecule has 0 radical (unpaired) electrons. The molecule has 2 atom stereocenters. The van der Waals surface area contributed by atoms with Gasteiger partial charge in [0, 0.05) is 13.1 Å². The molecule has 0 aliphatic rings. The largest absolute Gasteiger partial charge is 0.391 e. The smallest absolute Gasteiger partial charge is 0.263 e. The van der Waals surface area contributed by atoms with Gasteiger partial charge in [-0.15, -0.1) is 0 Å². The minimum Gasteiger partial charge on any atom is -0.391 e. The highest BCUT2D eigenvalue weighted by molar-refractivity contribution is 5.81. The standard InChI is InChI=1S/C18H23N3O3/c1-12(22)17(18(23)21-24)20-11-14-4-8-16(9-5-14)15-6-2-13(10-19)3-7-15/h2-9,12,17,20,22,24H,10-11,19H2,1H3,(H,21,23)/t12-,17+/m1/s1. The summed E-state index contributed by atoms with van der Waals surface area (Å²) in [6, 6.07) is 15.1. The van der Waals surface area contributed by atoms with Crippen LogP contribution >= 0.6 is 0 Å². The van der Waals surface area contributed by atoms with Gasteiger partial charge in [-0.3, -0.25) is 15.3 Å². The summed E-state index contributed by atoms with van der Waals surface area (Å²) in [7, 11) is 0. The summed E-state index contributed by atoms with van der Waals surface area (Å²) in [4.78, 5) is 11.5. The van der Waals surface area contributed by atoms with Gasteiger partial charge in [-0.1, -0.05) is 48.5 Å². The highest BCUT2D eigenvalue weighted by atomic mass is 16.5. The van der Waals surface area contributed by atoms with Crippen molar-refractivity contribution >= 4 is 5.91 Å². The van der Waals surface area contributed by atoms with E-state index >= 15 is 0 Å². The van der Waals surface area contributed by atoms with E-state index in [1.807, 2.05) is 48.5 Å². The summed E-state index contributed by atoms with van der Waals surface area (Å²) in [6.07, 6.45) is -0.919. The van der Waals surface area contributed by atoms with Crippen LogP contribution in [-0.4, -0.2) is 28.4 Å². The summed E-state index contributed by atoms with van der Waals surface area (Å²) < 4.78 is 0. The number of amides is 1. The van der Waals surface area contributed by atoms with E-state index in [2.05, 4.69) is 5.32 Å². The zero-order chi connectivity index (χ0) is 17.5. The summed E-state index contributed by atoms with van der Waals surface area (Å²) in [5, 5.41) is 21.2. The Morgan fingerprint density at radius 2 is 1.54 bits per heavy atom. The molecule has 6 heteroatoms. The third-order valence-electron chi connectivity index (χ3n) is 3.88. The molecular weight excluding hydrogens is 306 g/mol. The summed E-state index contributed by atoms with van der Waals surface area (Å²) >= 11 is 0. The number of rotatable bonds is 7. The highest BCUT2D eigenvalue weighted by Gasteiger charge is 2.22. The Balaban J connectivity index is 2.02. The molecule has 0 fully saturated rings. The van der Waals surface area contributed by atoms with Crippen LogP contribution in [0, 0.1) is 0 Å². The zero-order valence-electron chi connectivity index (χ0n) is 13.6. The highest BCUT2D eigenvalue weighted by Crippen LogP contribution is 2.20. The van der Waals surface area contributed by atoms with E-state index in [0.29, 0.717) is 13.1 Å². The van der Waals surface area contributed by atoms with Crippen LogP contribution < -0.4 is 16.5 Å². The molecule has 0 saturated heterocycles. The molecule has 6 nitrogen and oxygen atoms in total. The van der Waals surface area contributed by atoms with Crippen molar-refractivity contribution in [1.29, 1.82) is 0 Å². The van der Waals surface area contributed by atoms with Crippen LogP contribution in [0.1, 0.15) is 18.1 Å². The molecular formula is C18H23N3O3. The van der Waals surface area contributed by atoms with Crippen LogP contribution in [0.15, 0.2) is 48.5 Å². The molecule has 24 heavy (non-hydrogen) atoms. The molecule has 128 valence electrons. The first-order valence-corrected chi connectivity index (χ1v) is 7.79. The van der Waals surface area contributed by atoms with Crippen LogP contribution in [0.3, 0.4) is 0 Å². The molecule has 0 bridgehead atoms. The van der Waals surface area contributed by atoms with Crippen LogP contribution in [0.5, 0.6) is 0 Å². The lowest BCUT2D eigenvalue weighted by molar-refractivity contribution is -0.134. The van der Waals surface area contributed by atoms with E-state index in [4.69, 9.17) is 10.9 Å². The van der Waals surface area contributed by atoms with Gasteiger partial charge in [0.1, 0.15) is 6.04 Å². The van der Waals surface area contributed by atoms with Crippen molar-refractivity contribution in [3.8, 4) is 11.1 Å². The second-order valence-corrected chi connectivity index (χ2v) is 5.67. The average Bonchev–Trinajstić information content (AvgIpc) is 2.62. The molecule has 0 heterocycles. The second-order valence-electron chi connectivity index (χ2n) is 5.67. The number of carbonyl (C=O) groups excluding carboxylic acids is 1. The number of aliphatic hydroxyl groups excluding tert-OH is 1. The van der Waals surface area contributed by atoms with Crippen molar-refractivity contribution in [2.24, 2.45) is 5.73 Å². The first-order chi connectivity index (χ1) is 11.5. The van der Waals surface area contributed by atoms with Crippen LogP contribution in [-0.2, 0) is 17.9 Å². The van der Waals surface area contributed by atoms with Crippen molar-refractivity contribution in [1.82, 2.24) is 10.8 Å². The van der Waals surface area contributed by atoms with Crippen molar-refractivity contribution in [3.05, 3.63) is 59.7 Å². The van der Waals surface area contributed by atoms with E-state index in [1.54, 1.807) is 5.48 Å². The first-order valence-electron chi connectivity index (χ1n) is 7.79. The maximum absolute atomic E-state index is 11.5. The normalized spacial score (nSPS) is 13.3. The topological polar surface area (TPSA) is 108 Å². The second kappa shape index (κ2) is 8.56. The third kappa shape index (κ3) is 4.62. The van der Waals surface area contributed by atoms with E-state index in [-0.39, 0.29) is 0 Å². The summed E-state index contributed by atoms with van der Waals surface area (Å²) in [5.74, 6) is -0.665. The molecule has 0 aliphatic heterocycles. The summed E-state index contributed by atoms with van der Waals surface area (Å²) in [6.45, 7) is 2.41. The average molecular weight is 329 g/mol. The lowest BCUT2D eigenvalue weighted by Gasteiger charge is -2.19. The van der Waals surface area contributed by atoms with Crippen molar-refractivity contribution in [2.45, 2.75) is 32.2 Å². The number of carbonyl (C=O) groups is 1. The first kappa shape index (κ1) is 18.1. The molecule has 2 aromatic carbocycles. The Hall–Kier alpha value is -2.25. The molecule has 0 aromatic heterocycles. The molecule has 2 rings (SSSR count). The van der Waals surface area contributed by atoms with Gasteiger partial charge in [0.05, 0.1) is 6.10 Å². The monoisotopic (exact) mass is 329 g/mol. The fourth-order valence-corrected chi connectivity index (χ4v) is 2.43. The van der Waals surface area contributed by atoms with Crippen LogP contribution in [0.25, 0.3) is 11.1 Å². The maximum atomic E-state index is 11.5. The van der Waals surface area contributed by atoms with Gasteiger partial charge in [-0.2, -0.15) is 0 Å². The number of hydrogen-bond donors (Lipinski definition) is 5. The Labute approximate surface area is 141 Å². The van der Waals surface area contributed by atoms with E-state index < -0.39 is 18.1 Å². The lowest BCUT2D eigenvalue weighted by Crippen LogP contribution is -2.49. The number of nitrogens with one attached hydrogen (secondary N) is 2. The maximum Gasteiger partial charge on any atom is 0.263 e. The number of nitrogens with two attached hydrogens (primary N) is 1. The Morgan fingerprint density at radius 3 is 1.96 bits per heavy atom. The molecule has 0 saturated carbocycles. The van der Waals surface area contributed by atoms with Gasteiger partial charge in [-0.05, 0) is 29.2 Å². The Bertz CT molecular complexity index is 654. The summed E-state index contributed by atoms with van der Waals surface area (Å²) in [5.41, 5.74) is 11.4. The van der Waals surface area contributed by atoms with Crippen molar-refractivity contribution in [3.63, 3.8) is 0 Å². The van der Waals surface area contributed by atoms with Gasteiger partial charge in [0.2, 0.25) is 0 Å². The van der Waals surface area contributed by atoms with Gasteiger partial charge < -0.3 is 10.8 Å². The number of aliphatic hydroxyl groups is 1. The van der Waals surface area contributed by atoms with Gasteiger partial charge >= 0.3 is 0 Å². The molecule has 1 amide bonds. The van der Waals surface area contributed by atoms with E-state index in [0.717, 1.165) is 22.3 Å². The van der Waals surface area contributed by atoms with Gasteiger partial charge in [-0.25, -0.2) is 5.48 Å². The minimum atomic E-state index is -0.919.